The molecule has 0 fully saturated rings. The SMILES string of the molecule is Cc1nc2nc(-c3ccc(C=O)cc3)c(-c3ccccc3)c(NC(C)C)n2n1. The van der Waals surface area contributed by atoms with E-state index in [9.17, 15) is 4.79 Å². The Hall–Kier alpha value is -3.54. The topological polar surface area (TPSA) is 72.2 Å². The Morgan fingerprint density at radius 3 is 2.32 bits per heavy atom. The van der Waals surface area contributed by atoms with Gasteiger partial charge < -0.3 is 5.32 Å². The maximum absolute atomic E-state index is 11.0. The molecule has 4 rings (SSSR count). The zero-order valence-corrected chi connectivity index (χ0v) is 16.0. The second-order valence-corrected chi connectivity index (χ2v) is 6.96. The molecule has 2 heterocycles. The number of nitrogens with zero attached hydrogens (tertiary/aromatic N) is 4. The van der Waals surface area contributed by atoms with Crippen LogP contribution in [-0.2, 0) is 0 Å². The van der Waals surface area contributed by atoms with Crippen LogP contribution in [0, 0.1) is 6.92 Å². The van der Waals surface area contributed by atoms with Gasteiger partial charge in [0.1, 0.15) is 17.9 Å². The molecule has 0 saturated heterocycles. The van der Waals surface area contributed by atoms with Crippen molar-refractivity contribution < 1.29 is 4.79 Å². The maximum Gasteiger partial charge on any atom is 0.254 e. The number of carbonyl (C=O) groups excluding carboxylic acids is 1. The average molecular weight is 371 g/mol. The van der Waals surface area contributed by atoms with E-state index in [2.05, 4.69) is 41.4 Å². The van der Waals surface area contributed by atoms with Crippen molar-refractivity contribution in [1.29, 1.82) is 0 Å². The zero-order chi connectivity index (χ0) is 19.7. The Balaban J connectivity index is 2.07. The molecule has 0 spiro atoms. The lowest BCUT2D eigenvalue weighted by atomic mass is 9.98. The molecule has 6 heteroatoms. The number of aryl methyl sites for hydroxylation is 1. The fourth-order valence-electron chi connectivity index (χ4n) is 3.21. The number of anilines is 1. The quantitative estimate of drug-likeness (QED) is 0.527. The molecule has 0 aliphatic rings. The Labute approximate surface area is 163 Å². The van der Waals surface area contributed by atoms with E-state index in [4.69, 9.17) is 4.98 Å². The van der Waals surface area contributed by atoms with Crippen molar-refractivity contribution in [3.63, 3.8) is 0 Å². The molecule has 2 aromatic heterocycles. The predicted octanol–water partition coefficient (Wildman–Crippen LogP) is 4.40. The summed E-state index contributed by atoms with van der Waals surface area (Å²) in [4.78, 5) is 20.4. The maximum atomic E-state index is 11.0. The Morgan fingerprint density at radius 2 is 1.68 bits per heavy atom. The van der Waals surface area contributed by atoms with E-state index in [-0.39, 0.29) is 6.04 Å². The lowest BCUT2D eigenvalue weighted by Crippen LogP contribution is -2.16. The Morgan fingerprint density at radius 1 is 0.964 bits per heavy atom. The van der Waals surface area contributed by atoms with Crippen LogP contribution in [0.2, 0.25) is 0 Å². The van der Waals surface area contributed by atoms with Crippen LogP contribution in [0.25, 0.3) is 28.2 Å². The molecule has 28 heavy (non-hydrogen) atoms. The Kier molecular flexibility index (Phi) is 4.61. The zero-order valence-electron chi connectivity index (χ0n) is 16.0. The number of aromatic nitrogens is 4. The summed E-state index contributed by atoms with van der Waals surface area (Å²) in [6.07, 6.45) is 0.839. The molecule has 140 valence electrons. The van der Waals surface area contributed by atoms with Gasteiger partial charge in [-0.25, -0.2) is 4.98 Å². The molecule has 2 aromatic carbocycles. The summed E-state index contributed by atoms with van der Waals surface area (Å²) in [6, 6.07) is 17.7. The highest BCUT2D eigenvalue weighted by Crippen LogP contribution is 2.37. The van der Waals surface area contributed by atoms with Crippen molar-refractivity contribution in [3.05, 3.63) is 66.0 Å². The van der Waals surface area contributed by atoms with E-state index < -0.39 is 0 Å². The van der Waals surface area contributed by atoms with Gasteiger partial charge in [-0.2, -0.15) is 9.50 Å². The van der Waals surface area contributed by atoms with E-state index in [0.29, 0.717) is 17.2 Å². The van der Waals surface area contributed by atoms with E-state index in [0.717, 1.165) is 34.5 Å². The van der Waals surface area contributed by atoms with E-state index in [1.165, 1.54) is 0 Å². The predicted molar refractivity (Wildman–Crippen MR) is 111 cm³/mol. The highest BCUT2D eigenvalue weighted by atomic mass is 16.1. The first kappa shape index (κ1) is 17.9. The van der Waals surface area contributed by atoms with Gasteiger partial charge in [-0.15, -0.1) is 5.10 Å². The first-order chi connectivity index (χ1) is 13.6. The molecule has 0 aliphatic carbocycles. The summed E-state index contributed by atoms with van der Waals surface area (Å²) in [5, 5.41) is 8.07. The number of carbonyl (C=O) groups is 1. The van der Waals surface area contributed by atoms with Crippen molar-refractivity contribution in [2.45, 2.75) is 26.8 Å². The van der Waals surface area contributed by atoms with Gasteiger partial charge in [0, 0.05) is 17.2 Å². The molecule has 1 N–H and O–H groups in total. The molecule has 0 atom stereocenters. The van der Waals surface area contributed by atoms with Gasteiger partial charge in [-0.3, -0.25) is 4.79 Å². The number of rotatable bonds is 5. The second kappa shape index (κ2) is 7.23. The first-order valence-electron chi connectivity index (χ1n) is 9.22. The van der Waals surface area contributed by atoms with Gasteiger partial charge in [0.2, 0.25) is 0 Å². The molecular weight excluding hydrogens is 350 g/mol. The van der Waals surface area contributed by atoms with Gasteiger partial charge >= 0.3 is 0 Å². The van der Waals surface area contributed by atoms with E-state index in [1.807, 2.05) is 37.3 Å². The minimum atomic E-state index is 0.197. The van der Waals surface area contributed by atoms with Crippen molar-refractivity contribution in [1.82, 2.24) is 19.6 Å². The number of nitrogens with one attached hydrogen (secondary N) is 1. The van der Waals surface area contributed by atoms with Crippen LogP contribution >= 0.6 is 0 Å². The lowest BCUT2D eigenvalue weighted by molar-refractivity contribution is 0.112. The molecule has 0 saturated carbocycles. The standard InChI is InChI=1S/C22H21N5O/c1-14(2)23-21-19(17-7-5-4-6-8-17)20(18-11-9-16(13-28)10-12-18)25-22-24-15(3)26-27(21)22/h4-14,23H,1-3H3. The molecule has 0 amide bonds. The number of aldehydes is 1. The van der Waals surface area contributed by atoms with Crippen molar-refractivity contribution in [2.24, 2.45) is 0 Å². The van der Waals surface area contributed by atoms with E-state index >= 15 is 0 Å². The first-order valence-corrected chi connectivity index (χ1v) is 9.22. The lowest BCUT2D eigenvalue weighted by Gasteiger charge is -2.19. The average Bonchev–Trinajstić information content (AvgIpc) is 3.08. The second-order valence-electron chi connectivity index (χ2n) is 6.96. The Bertz CT molecular complexity index is 1130. The third kappa shape index (κ3) is 3.24. The summed E-state index contributed by atoms with van der Waals surface area (Å²) in [5.74, 6) is 2.04. The third-order valence-corrected chi connectivity index (χ3v) is 4.40. The fourth-order valence-corrected chi connectivity index (χ4v) is 3.21. The number of hydrogen-bond acceptors (Lipinski definition) is 5. The fraction of sp³-hybridized carbons (Fsp3) is 0.182. The highest BCUT2D eigenvalue weighted by molar-refractivity contribution is 5.90. The van der Waals surface area contributed by atoms with Gasteiger partial charge in [-0.1, -0.05) is 54.6 Å². The normalized spacial score (nSPS) is 11.1. The van der Waals surface area contributed by atoms with Gasteiger partial charge in [0.25, 0.3) is 5.78 Å². The van der Waals surface area contributed by atoms with Crippen LogP contribution in [-0.4, -0.2) is 31.9 Å². The summed E-state index contributed by atoms with van der Waals surface area (Å²) in [7, 11) is 0. The number of hydrogen-bond donors (Lipinski definition) is 1. The van der Waals surface area contributed by atoms with Gasteiger partial charge in [-0.05, 0) is 26.3 Å². The van der Waals surface area contributed by atoms with Crippen LogP contribution in [0.15, 0.2) is 54.6 Å². The molecular formula is C22H21N5O. The van der Waals surface area contributed by atoms with Crippen LogP contribution in [0.1, 0.15) is 30.0 Å². The molecule has 0 unspecified atom stereocenters. The number of benzene rings is 2. The molecule has 0 aliphatic heterocycles. The van der Waals surface area contributed by atoms with Crippen LogP contribution < -0.4 is 5.32 Å². The van der Waals surface area contributed by atoms with Crippen molar-refractivity contribution in [3.8, 4) is 22.4 Å². The van der Waals surface area contributed by atoms with Crippen molar-refractivity contribution >= 4 is 17.9 Å². The molecule has 6 nitrogen and oxygen atoms in total. The van der Waals surface area contributed by atoms with E-state index in [1.54, 1.807) is 16.6 Å². The smallest absolute Gasteiger partial charge is 0.254 e. The minimum absolute atomic E-state index is 0.197. The molecule has 0 bridgehead atoms. The minimum Gasteiger partial charge on any atom is -0.367 e. The third-order valence-electron chi connectivity index (χ3n) is 4.40. The highest BCUT2D eigenvalue weighted by Gasteiger charge is 2.21. The van der Waals surface area contributed by atoms with Gasteiger partial charge in [0.05, 0.1) is 11.3 Å². The van der Waals surface area contributed by atoms with Crippen molar-refractivity contribution in [2.75, 3.05) is 5.32 Å². The summed E-state index contributed by atoms with van der Waals surface area (Å²) >= 11 is 0. The summed E-state index contributed by atoms with van der Waals surface area (Å²) in [5.41, 5.74) is 4.32. The summed E-state index contributed by atoms with van der Waals surface area (Å²) < 4.78 is 1.76. The number of fused-ring (bicyclic) bond motifs is 1. The van der Waals surface area contributed by atoms with Gasteiger partial charge in [0.15, 0.2) is 0 Å². The van der Waals surface area contributed by atoms with Crippen LogP contribution in [0.4, 0.5) is 5.82 Å². The van der Waals surface area contributed by atoms with Crippen LogP contribution in [0.3, 0.4) is 0 Å². The molecule has 4 aromatic rings. The van der Waals surface area contributed by atoms with Crippen LogP contribution in [0.5, 0.6) is 0 Å². The largest absolute Gasteiger partial charge is 0.367 e. The molecule has 0 radical (unpaired) electrons. The monoisotopic (exact) mass is 371 g/mol. The summed E-state index contributed by atoms with van der Waals surface area (Å²) in [6.45, 7) is 6.03.